The van der Waals surface area contributed by atoms with Gasteiger partial charge in [-0.15, -0.1) is 0 Å². The second-order valence-corrected chi connectivity index (χ2v) is 5.26. The topological polar surface area (TPSA) is 44.1 Å². The zero-order valence-electron chi connectivity index (χ0n) is 11.5. The molecule has 0 N–H and O–H groups in total. The summed E-state index contributed by atoms with van der Waals surface area (Å²) < 4.78 is 7.40. The van der Waals surface area contributed by atoms with Gasteiger partial charge in [0.15, 0.2) is 0 Å². The van der Waals surface area contributed by atoms with Crippen LogP contribution in [0.4, 0.5) is 0 Å². The van der Waals surface area contributed by atoms with E-state index in [1.54, 1.807) is 24.1 Å². The van der Waals surface area contributed by atoms with Crippen LogP contribution < -0.4 is 0 Å². The SMILES string of the molecule is CCn1nccc1C(=O)C1(OC)CCCC(C)C1. The number of carbonyl (C=O) groups is 1. The molecule has 1 aliphatic rings. The third kappa shape index (κ3) is 2.21. The van der Waals surface area contributed by atoms with Crippen molar-refractivity contribution in [1.82, 2.24) is 9.78 Å². The van der Waals surface area contributed by atoms with Crippen molar-refractivity contribution in [1.29, 1.82) is 0 Å². The van der Waals surface area contributed by atoms with Crippen molar-refractivity contribution in [2.75, 3.05) is 7.11 Å². The fourth-order valence-electron chi connectivity index (χ4n) is 3.00. The van der Waals surface area contributed by atoms with Gasteiger partial charge in [-0.25, -0.2) is 0 Å². The summed E-state index contributed by atoms with van der Waals surface area (Å²) in [5.74, 6) is 0.636. The predicted octanol–water partition coefficient (Wildman–Crippen LogP) is 2.68. The van der Waals surface area contributed by atoms with Gasteiger partial charge in [-0.3, -0.25) is 9.48 Å². The lowest BCUT2D eigenvalue weighted by molar-refractivity contribution is -0.0309. The Hall–Kier alpha value is -1.16. The molecule has 1 heterocycles. The van der Waals surface area contributed by atoms with E-state index < -0.39 is 5.60 Å². The third-order valence-corrected chi connectivity index (χ3v) is 4.01. The molecule has 4 nitrogen and oxygen atoms in total. The Morgan fingerprint density at radius 2 is 2.44 bits per heavy atom. The van der Waals surface area contributed by atoms with Crippen molar-refractivity contribution in [2.24, 2.45) is 5.92 Å². The summed E-state index contributed by atoms with van der Waals surface area (Å²) in [7, 11) is 1.66. The fourth-order valence-corrected chi connectivity index (χ4v) is 3.00. The largest absolute Gasteiger partial charge is 0.370 e. The average Bonchev–Trinajstić information content (AvgIpc) is 2.85. The van der Waals surface area contributed by atoms with Crippen molar-refractivity contribution in [3.8, 4) is 0 Å². The lowest BCUT2D eigenvalue weighted by Gasteiger charge is -2.37. The predicted molar refractivity (Wildman–Crippen MR) is 69.6 cm³/mol. The highest BCUT2D eigenvalue weighted by molar-refractivity contribution is 6.01. The van der Waals surface area contributed by atoms with E-state index >= 15 is 0 Å². The molecule has 2 atom stereocenters. The van der Waals surface area contributed by atoms with E-state index in [4.69, 9.17) is 4.74 Å². The average molecular weight is 250 g/mol. The number of methoxy groups -OCH3 is 1. The van der Waals surface area contributed by atoms with Crippen LogP contribution in [-0.4, -0.2) is 28.3 Å². The molecule has 18 heavy (non-hydrogen) atoms. The van der Waals surface area contributed by atoms with Gasteiger partial charge in [-0.05, 0) is 38.2 Å². The maximum atomic E-state index is 12.8. The van der Waals surface area contributed by atoms with Crippen LogP contribution in [0.2, 0.25) is 0 Å². The molecule has 0 saturated heterocycles. The number of rotatable bonds is 4. The van der Waals surface area contributed by atoms with Crippen molar-refractivity contribution in [2.45, 2.75) is 51.7 Å². The number of hydrogen-bond donors (Lipinski definition) is 0. The minimum absolute atomic E-state index is 0.0934. The van der Waals surface area contributed by atoms with Crippen molar-refractivity contribution < 1.29 is 9.53 Å². The summed E-state index contributed by atoms with van der Waals surface area (Å²) in [5, 5.41) is 4.18. The van der Waals surface area contributed by atoms with Crippen LogP contribution >= 0.6 is 0 Å². The molecule has 1 aliphatic carbocycles. The Balaban J connectivity index is 2.30. The number of ether oxygens (including phenoxy) is 1. The van der Waals surface area contributed by atoms with E-state index in [0.717, 1.165) is 19.3 Å². The zero-order chi connectivity index (χ0) is 13.2. The normalized spacial score (nSPS) is 28.3. The fraction of sp³-hybridized carbons (Fsp3) is 0.714. The standard InChI is InChI=1S/C14H22N2O2/c1-4-16-12(7-9-15-16)13(17)14(18-3)8-5-6-11(2)10-14/h7,9,11H,4-6,8,10H2,1-3H3. The first kappa shape index (κ1) is 13.3. The molecule has 2 rings (SSSR count). The smallest absolute Gasteiger partial charge is 0.212 e. The summed E-state index contributed by atoms with van der Waals surface area (Å²) in [6, 6.07) is 1.80. The van der Waals surface area contributed by atoms with E-state index in [1.807, 2.05) is 6.92 Å². The van der Waals surface area contributed by atoms with E-state index in [0.29, 0.717) is 18.2 Å². The molecule has 4 heteroatoms. The first-order valence-corrected chi connectivity index (χ1v) is 6.74. The maximum Gasteiger partial charge on any atom is 0.212 e. The first-order valence-electron chi connectivity index (χ1n) is 6.74. The summed E-state index contributed by atoms with van der Waals surface area (Å²) in [6.07, 6.45) is 5.57. The van der Waals surface area contributed by atoms with Gasteiger partial charge in [-0.1, -0.05) is 13.3 Å². The molecular formula is C14H22N2O2. The maximum absolute atomic E-state index is 12.8. The Labute approximate surface area is 108 Å². The Morgan fingerprint density at radius 1 is 1.67 bits per heavy atom. The van der Waals surface area contributed by atoms with E-state index in [1.165, 1.54) is 6.42 Å². The molecule has 1 saturated carbocycles. The van der Waals surface area contributed by atoms with Crippen LogP contribution in [0.25, 0.3) is 0 Å². The van der Waals surface area contributed by atoms with Crippen LogP contribution in [0, 0.1) is 5.92 Å². The minimum atomic E-state index is -0.634. The highest BCUT2D eigenvalue weighted by Crippen LogP contribution is 2.37. The van der Waals surface area contributed by atoms with Crippen molar-refractivity contribution in [3.05, 3.63) is 18.0 Å². The molecule has 100 valence electrons. The van der Waals surface area contributed by atoms with Crippen LogP contribution in [0.1, 0.15) is 50.0 Å². The van der Waals surface area contributed by atoms with E-state index in [-0.39, 0.29) is 5.78 Å². The number of Topliss-reactive ketones (excluding diaryl/α,β-unsaturated/α-hetero) is 1. The number of aromatic nitrogens is 2. The molecule has 2 unspecified atom stereocenters. The monoisotopic (exact) mass is 250 g/mol. The molecule has 0 amide bonds. The highest BCUT2D eigenvalue weighted by Gasteiger charge is 2.43. The Morgan fingerprint density at radius 3 is 3.06 bits per heavy atom. The molecule has 0 radical (unpaired) electrons. The Kier molecular flexibility index (Phi) is 3.85. The summed E-state index contributed by atoms with van der Waals surface area (Å²) in [4.78, 5) is 12.8. The van der Waals surface area contributed by atoms with Crippen molar-refractivity contribution >= 4 is 5.78 Å². The van der Waals surface area contributed by atoms with Crippen LogP contribution in [0.3, 0.4) is 0 Å². The van der Waals surface area contributed by atoms with Gasteiger partial charge in [0.05, 0.1) is 0 Å². The molecule has 1 aromatic heterocycles. The number of hydrogen-bond acceptors (Lipinski definition) is 3. The van der Waals surface area contributed by atoms with E-state index in [2.05, 4.69) is 12.0 Å². The van der Waals surface area contributed by atoms with Crippen LogP contribution in [0.15, 0.2) is 12.3 Å². The second-order valence-electron chi connectivity index (χ2n) is 5.26. The van der Waals surface area contributed by atoms with Gasteiger partial charge in [0.1, 0.15) is 11.3 Å². The molecule has 0 bridgehead atoms. The number of ketones is 1. The van der Waals surface area contributed by atoms with Gasteiger partial charge >= 0.3 is 0 Å². The highest BCUT2D eigenvalue weighted by atomic mass is 16.5. The van der Waals surface area contributed by atoms with Gasteiger partial charge in [0.25, 0.3) is 0 Å². The number of carbonyl (C=O) groups excluding carboxylic acids is 1. The van der Waals surface area contributed by atoms with Crippen LogP contribution in [-0.2, 0) is 11.3 Å². The van der Waals surface area contributed by atoms with Crippen LogP contribution in [0.5, 0.6) is 0 Å². The molecular weight excluding hydrogens is 228 g/mol. The molecule has 1 fully saturated rings. The van der Waals surface area contributed by atoms with E-state index in [9.17, 15) is 4.79 Å². The van der Waals surface area contributed by atoms with Crippen molar-refractivity contribution in [3.63, 3.8) is 0 Å². The summed E-state index contributed by atoms with van der Waals surface area (Å²) in [5.41, 5.74) is 0.0402. The second kappa shape index (κ2) is 5.22. The summed E-state index contributed by atoms with van der Waals surface area (Å²) in [6.45, 7) is 4.90. The minimum Gasteiger partial charge on any atom is -0.370 e. The van der Waals surface area contributed by atoms with Gasteiger partial charge in [0.2, 0.25) is 5.78 Å². The van der Waals surface area contributed by atoms with Gasteiger partial charge in [0, 0.05) is 19.9 Å². The third-order valence-electron chi connectivity index (χ3n) is 4.01. The molecule has 1 aromatic rings. The molecule has 0 aromatic carbocycles. The Bertz CT molecular complexity index is 427. The molecule has 0 spiro atoms. The quantitative estimate of drug-likeness (QED) is 0.772. The lowest BCUT2D eigenvalue weighted by Crippen LogP contribution is -2.45. The molecule has 0 aliphatic heterocycles. The summed E-state index contributed by atoms with van der Waals surface area (Å²) >= 11 is 0. The lowest BCUT2D eigenvalue weighted by atomic mass is 9.75. The van der Waals surface area contributed by atoms with Gasteiger partial charge < -0.3 is 4.74 Å². The zero-order valence-corrected chi connectivity index (χ0v) is 11.5. The van der Waals surface area contributed by atoms with Gasteiger partial charge in [-0.2, -0.15) is 5.10 Å². The number of aryl methyl sites for hydroxylation is 1. The first-order chi connectivity index (χ1) is 8.63. The number of nitrogens with zero attached hydrogens (tertiary/aromatic N) is 2.